The first-order valence-electron chi connectivity index (χ1n) is 13.2. The molecule has 38 heavy (non-hydrogen) atoms. The molecule has 0 N–H and O–H groups in total. The normalized spacial score (nSPS) is 21.8. The Morgan fingerprint density at radius 3 is 2.61 bits per heavy atom. The Balaban J connectivity index is 1.43. The number of aliphatic imine (C=N–C) groups is 1. The van der Waals surface area contributed by atoms with Crippen LogP contribution in [0.3, 0.4) is 0 Å². The van der Waals surface area contributed by atoms with Gasteiger partial charge in [-0.15, -0.1) is 0 Å². The average Bonchev–Trinajstić information content (AvgIpc) is 3.18. The minimum atomic E-state index is -0.339. The number of hydrogen-bond acceptors (Lipinski definition) is 6. The number of hydrogen-bond donors (Lipinski definition) is 0. The number of halogens is 1. The molecule has 2 saturated heterocycles. The fourth-order valence-electron chi connectivity index (χ4n) is 5.12. The number of rotatable bonds is 6. The first kappa shape index (κ1) is 26.7. The van der Waals surface area contributed by atoms with Gasteiger partial charge in [0.2, 0.25) is 0 Å². The number of anilines is 1. The van der Waals surface area contributed by atoms with Crippen LogP contribution in [0.2, 0.25) is 0 Å². The average molecular weight is 535 g/mol. The Labute approximate surface area is 228 Å². The third kappa shape index (κ3) is 5.58. The minimum Gasteiger partial charge on any atom is -0.379 e. The van der Waals surface area contributed by atoms with Gasteiger partial charge in [0.15, 0.2) is 5.17 Å². The van der Waals surface area contributed by atoms with E-state index in [-0.39, 0.29) is 17.3 Å². The Bertz CT molecular complexity index is 1300. The molecule has 0 aliphatic carbocycles. The summed E-state index contributed by atoms with van der Waals surface area (Å²) in [5, 5.41) is 0.630. The van der Waals surface area contributed by atoms with E-state index < -0.39 is 0 Å². The largest absolute Gasteiger partial charge is 0.379 e. The molecule has 0 bridgehead atoms. The maximum atomic E-state index is 15.4. The van der Waals surface area contributed by atoms with Crippen molar-refractivity contribution in [1.29, 1.82) is 0 Å². The van der Waals surface area contributed by atoms with E-state index in [2.05, 4.69) is 36.6 Å². The highest BCUT2D eigenvalue weighted by Gasteiger charge is 2.34. The highest BCUT2D eigenvalue weighted by Crippen LogP contribution is 2.40. The zero-order chi connectivity index (χ0) is 26.9. The van der Waals surface area contributed by atoms with Crippen LogP contribution in [-0.4, -0.2) is 72.9 Å². The van der Waals surface area contributed by atoms with Crippen LogP contribution in [0.1, 0.15) is 38.3 Å². The molecule has 1 amide bonds. The fraction of sp³-hybridized carbons (Fsp3) is 0.400. The van der Waals surface area contributed by atoms with Gasteiger partial charge in [-0.25, -0.2) is 9.38 Å². The molecule has 0 spiro atoms. The summed E-state index contributed by atoms with van der Waals surface area (Å²) in [7, 11) is 1.98. The first-order chi connectivity index (χ1) is 18.2. The molecule has 0 aromatic heterocycles. The molecule has 0 saturated carbocycles. The van der Waals surface area contributed by atoms with Crippen LogP contribution in [0.5, 0.6) is 0 Å². The van der Waals surface area contributed by atoms with E-state index in [1.807, 2.05) is 43.4 Å². The van der Waals surface area contributed by atoms with Crippen molar-refractivity contribution >= 4 is 45.9 Å². The number of amides is 1. The van der Waals surface area contributed by atoms with Crippen molar-refractivity contribution in [2.45, 2.75) is 32.7 Å². The summed E-state index contributed by atoms with van der Waals surface area (Å²) in [5.74, 6) is -0.469. The summed E-state index contributed by atoms with van der Waals surface area (Å²) in [5.41, 5.74) is 3.94. The van der Waals surface area contributed by atoms with Crippen molar-refractivity contribution in [2.75, 3.05) is 51.3 Å². The standard InChI is InChI=1S/C30H35FN4O2S/c1-21-20-30(2,3)33(4)26-19-25(31)22(17-24(21)26)18-27-28(36)35(12-8-11-34-13-15-37-16-14-34)29(38-27)32-23-9-6-5-7-10-23/h5-7,9-10,17-20H,8,11-16H2,1-4H3/b27-18+,32-29?. The molecule has 3 heterocycles. The number of ether oxygens (including phenoxy) is 1. The highest BCUT2D eigenvalue weighted by atomic mass is 32.2. The smallest absolute Gasteiger partial charge is 0.266 e. The van der Waals surface area contributed by atoms with Crippen LogP contribution >= 0.6 is 11.8 Å². The molecule has 2 fully saturated rings. The van der Waals surface area contributed by atoms with Crippen molar-refractivity contribution in [1.82, 2.24) is 9.80 Å². The van der Waals surface area contributed by atoms with E-state index in [1.54, 1.807) is 17.0 Å². The van der Waals surface area contributed by atoms with Crippen LogP contribution in [0.15, 0.2) is 58.4 Å². The lowest BCUT2D eigenvalue weighted by Gasteiger charge is -2.40. The van der Waals surface area contributed by atoms with E-state index in [4.69, 9.17) is 9.73 Å². The van der Waals surface area contributed by atoms with Gasteiger partial charge in [-0.2, -0.15) is 0 Å². The zero-order valence-corrected chi connectivity index (χ0v) is 23.4. The zero-order valence-electron chi connectivity index (χ0n) is 22.5. The van der Waals surface area contributed by atoms with Gasteiger partial charge in [0, 0.05) is 50.0 Å². The maximum absolute atomic E-state index is 15.4. The minimum absolute atomic E-state index is 0.130. The third-order valence-electron chi connectivity index (χ3n) is 7.45. The number of para-hydroxylation sites is 1. The Kier molecular flexibility index (Phi) is 7.75. The number of nitrogens with zero attached hydrogens (tertiary/aromatic N) is 4. The van der Waals surface area contributed by atoms with Crippen molar-refractivity contribution < 1.29 is 13.9 Å². The molecule has 8 heteroatoms. The lowest BCUT2D eigenvalue weighted by Crippen LogP contribution is -2.42. The monoisotopic (exact) mass is 534 g/mol. The van der Waals surface area contributed by atoms with Gasteiger partial charge in [0.05, 0.1) is 29.3 Å². The third-order valence-corrected chi connectivity index (χ3v) is 8.46. The SMILES string of the molecule is CC1=CC(C)(C)N(C)c2cc(F)c(/C=C3/SC(=Nc4ccccc4)N(CCCN4CCOCC4)C3=O)cc21. The van der Waals surface area contributed by atoms with Gasteiger partial charge >= 0.3 is 0 Å². The van der Waals surface area contributed by atoms with Gasteiger partial charge in [-0.1, -0.05) is 24.3 Å². The van der Waals surface area contributed by atoms with E-state index in [0.29, 0.717) is 22.2 Å². The van der Waals surface area contributed by atoms with Crippen LogP contribution in [0.4, 0.5) is 15.8 Å². The predicted molar refractivity (Wildman–Crippen MR) is 155 cm³/mol. The Hall–Kier alpha value is -2.94. The highest BCUT2D eigenvalue weighted by molar-refractivity contribution is 8.18. The number of benzene rings is 2. The molecule has 3 aliphatic heterocycles. The Morgan fingerprint density at radius 1 is 1.13 bits per heavy atom. The van der Waals surface area contributed by atoms with Crippen molar-refractivity contribution in [3.63, 3.8) is 0 Å². The second-order valence-corrected chi connectivity index (χ2v) is 11.5. The van der Waals surface area contributed by atoms with Crippen LogP contribution in [0, 0.1) is 5.82 Å². The second-order valence-electron chi connectivity index (χ2n) is 10.5. The summed E-state index contributed by atoms with van der Waals surface area (Å²) in [6, 6.07) is 13.1. The topological polar surface area (TPSA) is 48.4 Å². The number of thioether (sulfide) groups is 1. The van der Waals surface area contributed by atoms with E-state index in [9.17, 15) is 4.79 Å². The van der Waals surface area contributed by atoms with Crippen molar-refractivity contribution in [3.05, 3.63) is 70.4 Å². The lowest BCUT2D eigenvalue weighted by atomic mass is 9.88. The lowest BCUT2D eigenvalue weighted by molar-refractivity contribution is -0.122. The quantitative estimate of drug-likeness (QED) is 0.440. The molecule has 200 valence electrons. The first-order valence-corrected chi connectivity index (χ1v) is 14.0. The molecular formula is C30H35FN4O2S. The summed E-state index contributed by atoms with van der Waals surface area (Å²) < 4.78 is 20.8. The van der Waals surface area contributed by atoms with Gasteiger partial charge in [-0.3, -0.25) is 14.6 Å². The van der Waals surface area contributed by atoms with E-state index in [0.717, 1.165) is 61.8 Å². The number of carbonyl (C=O) groups is 1. The molecular weight excluding hydrogens is 499 g/mol. The molecule has 2 aromatic carbocycles. The number of amidine groups is 1. The molecule has 0 radical (unpaired) electrons. The van der Waals surface area contributed by atoms with Crippen LogP contribution < -0.4 is 4.90 Å². The number of allylic oxidation sites excluding steroid dienone is 1. The van der Waals surface area contributed by atoms with Gasteiger partial charge in [0.1, 0.15) is 5.82 Å². The van der Waals surface area contributed by atoms with E-state index in [1.165, 1.54) is 11.8 Å². The van der Waals surface area contributed by atoms with Crippen molar-refractivity contribution in [2.24, 2.45) is 4.99 Å². The predicted octanol–water partition coefficient (Wildman–Crippen LogP) is 5.78. The number of morpholine rings is 1. The van der Waals surface area contributed by atoms with Gasteiger partial charge in [0.25, 0.3) is 5.91 Å². The molecule has 6 nitrogen and oxygen atoms in total. The molecule has 5 rings (SSSR count). The molecule has 3 aliphatic rings. The second kappa shape index (κ2) is 11.0. The number of fused-ring (bicyclic) bond motifs is 1. The summed E-state index contributed by atoms with van der Waals surface area (Å²) in [4.78, 5) is 25.0. The van der Waals surface area contributed by atoms with E-state index >= 15 is 4.39 Å². The summed E-state index contributed by atoms with van der Waals surface area (Å²) in [6.07, 6.45) is 4.70. The summed E-state index contributed by atoms with van der Waals surface area (Å²) in [6.45, 7) is 11.1. The summed E-state index contributed by atoms with van der Waals surface area (Å²) >= 11 is 1.31. The molecule has 2 aromatic rings. The number of likely N-dealkylation sites (N-methyl/N-ethyl adjacent to an activating group) is 1. The maximum Gasteiger partial charge on any atom is 0.266 e. The number of carbonyl (C=O) groups excluding carboxylic acids is 1. The van der Waals surface area contributed by atoms with Gasteiger partial charge < -0.3 is 9.64 Å². The Morgan fingerprint density at radius 2 is 1.87 bits per heavy atom. The molecule has 0 atom stereocenters. The molecule has 0 unspecified atom stereocenters. The fourth-order valence-corrected chi connectivity index (χ4v) is 6.13. The van der Waals surface area contributed by atoms with Crippen LogP contribution in [-0.2, 0) is 9.53 Å². The van der Waals surface area contributed by atoms with Crippen molar-refractivity contribution in [3.8, 4) is 0 Å². The van der Waals surface area contributed by atoms with Gasteiger partial charge in [-0.05, 0) is 74.9 Å². The van der Waals surface area contributed by atoms with Crippen LogP contribution in [0.25, 0.3) is 11.6 Å².